The zero-order valence-corrected chi connectivity index (χ0v) is 7.55. The molecular weight excluding hydrogens is 168 g/mol. The topological polar surface area (TPSA) is 51.0 Å². The Kier molecular flexibility index (Phi) is 2.10. The maximum absolute atomic E-state index is 10.4. The molecule has 5 nitrogen and oxygen atoms in total. The number of hydrogen-bond donors (Lipinski definition) is 0. The van der Waals surface area contributed by atoms with E-state index >= 15 is 0 Å². The lowest BCUT2D eigenvalue weighted by Crippen LogP contribution is -2.16. The summed E-state index contributed by atoms with van der Waals surface area (Å²) in [5.74, 6) is 0. The third-order valence-corrected chi connectivity index (χ3v) is 2.39. The quantitative estimate of drug-likeness (QED) is 0.599. The Morgan fingerprint density at radius 3 is 3.08 bits per heavy atom. The van der Waals surface area contributed by atoms with Crippen LogP contribution in [0.2, 0.25) is 0 Å². The van der Waals surface area contributed by atoms with Gasteiger partial charge in [0, 0.05) is 6.54 Å². The fourth-order valence-corrected chi connectivity index (χ4v) is 1.65. The molecule has 0 amide bonds. The number of likely N-dealkylation sites (N-methyl/N-ethyl adjacent to an activating group) is 1. The predicted octanol–water partition coefficient (Wildman–Crippen LogP) is -0.0328. The van der Waals surface area contributed by atoms with E-state index < -0.39 is 0 Å². The Balaban J connectivity index is 2.12. The minimum absolute atomic E-state index is 0.381. The summed E-state index contributed by atoms with van der Waals surface area (Å²) in [5, 5.41) is 7.64. The second-order valence-corrected chi connectivity index (χ2v) is 3.45. The van der Waals surface area contributed by atoms with Crippen molar-refractivity contribution in [3.8, 4) is 0 Å². The molecule has 1 aliphatic heterocycles. The molecule has 0 bridgehead atoms. The minimum atomic E-state index is 0.381. The van der Waals surface area contributed by atoms with E-state index in [0.717, 1.165) is 25.8 Å². The molecule has 0 aromatic carbocycles. The molecule has 1 aromatic rings. The van der Waals surface area contributed by atoms with Gasteiger partial charge in [0.25, 0.3) is 0 Å². The highest BCUT2D eigenvalue weighted by atomic mass is 16.1. The standard InChI is InChI=1S/C8H12N4O/c1-11-3-2-8(5-11)12-4-7(6-13)9-10-12/h4,6,8H,2-3,5H2,1H3. The van der Waals surface area contributed by atoms with Crippen LogP contribution in [0.5, 0.6) is 0 Å². The number of likely N-dealkylation sites (tertiary alicyclic amines) is 1. The normalized spacial score (nSPS) is 23.6. The summed E-state index contributed by atoms with van der Waals surface area (Å²) >= 11 is 0. The third-order valence-electron chi connectivity index (χ3n) is 2.39. The average Bonchev–Trinajstić information content (AvgIpc) is 2.71. The summed E-state index contributed by atoms with van der Waals surface area (Å²) in [5.41, 5.74) is 0.412. The van der Waals surface area contributed by atoms with Gasteiger partial charge in [0.05, 0.1) is 12.2 Å². The third kappa shape index (κ3) is 1.60. The first kappa shape index (κ1) is 8.37. The van der Waals surface area contributed by atoms with Crippen LogP contribution >= 0.6 is 0 Å². The Morgan fingerprint density at radius 1 is 1.69 bits per heavy atom. The molecule has 1 unspecified atom stereocenters. The van der Waals surface area contributed by atoms with Crippen LogP contribution in [-0.4, -0.2) is 46.3 Å². The number of rotatable bonds is 2. The van der Waals surface area contributed by atoms with Gasteiger partial charge in [0.1, 0.15) is 5.69 Å². The summed E-state index contributed by atoms with van der Waals surface area (Å²) in [6, 6.07) is 0.381. The monoisotopic (exact) mass is 180 g/mol. The van der Waals surface area contributed by atoms with Gasteiger partial charge >= 0.3 is 0 Å². The van der Waals surface area contributed by atoms with Crippen LogP contribution in [0.15, 0.2) is 6.20 Å². The Labute approximate surface area is 76.3 Å². The van der Waals surface area contributed by atoms with Crippen molar-refractivity contribution < 1.29 is 4.79 Å². The summed E-state index contributed by atoms with van der Waals surface area (Å²) < 4.78 is 1.78. The van der Waals surface area contributed by atoms with Crippen LogP contribution in [0.25, 0.3) is 0 Å². The van der Waals surface area contributed by atoms with Gasteiger partial charge in [-0.1, -0.05) is 5.21 Å². The highest BCUT2D eigenvalue weighted by molar-refractivity contribution is 5.70. The van der Waals surface area contributed by atoms with Gasteiger partial charge in [-0.2, -0.15) is 0 Å². The molecule has 70 valence electrons. The van der Waals surface area contributed by atoms with E-state index in [1.807, 2.05) is 0 Å². The van der Waals surface area contributed by atoms with Crippen LogP contribution < -0.4 is 0 Å². The van der Waals surface area contributed by atoms with E-state index in [1.165, 1.54) is 0 Å². The van der Waals surface area contributed by atoms with E-state index in [4.69, 9.17) is 0 Å². The highest BCUT2D eigenvalue weighted by Gasteiger charge is 2.21. The number of aldehydes is 1. The van der Waals surface area contributed by atoms with Crippen LogP contribution in [0, 0.1) is 0 Å². The van der Waals surface area contributed by atoms with Crippen molar-refractivity contribution in [1.82, 2.24) is 19.9 Å². The van der Waals surface area contributed by atoms with E-state index in [1.54, 1.807) is 10.9 Å². The molecule has 1 aromatic heterocycles. The summed E-state index contributed by atoms with van der Waals surface area (Å²) in [6.45, 7) is 2.07. The first-order valence-electron chi connectivity index (χ1n) is 4.35. The summed E-state index contributed by atoms with van der Waals surface area (Å²) in [6.07, 6.45) is 3.51. The van der Waals surface area contributed by atoms with E-state index in [9.17, 15) is 4.79 Å². The predicted molar refractivity (Wildman–Crippen MR) is 46.6 cm³/mol. The maximum Gasteiger partial charge on any atom is 0.171 e. The largest absolute Gasteiger partial charge is 0.304 e. The SMILES string of the molecule is CN1CCC(n2cc(C=O)nn2)C1. The van der Waals surface area contributed by atoms with Crippen molar-refractivity contribution >= 4 is 6.29 Å². The fourth-order valence-electron chi connectivity index (χ4n) is 1.65. The molecule has 5 heteroatoms. The second kappa shape index (κ2) is 3.26. The molecule has 1 fully saturated rings. The number of carbonyl (C=O) groups is 1. The van der Waals surface area contributed by atoms with Crippen LogP contribution in [0.3, 0.4) is 0 Å². The summed E-state index contributed by atoms with van der Waals surface area (Å²) in [7, 11) is 2.08. The minimum Gasteiger partial charge on any atom is -0.304 e. The average molecular weight is 180 g/mol. The van der Waals surface area contributed by atoms with Gasteiger partial charge in [-0.3, -0.25) is 4.79 Å². The number of aromatic nitrogens is 3. The fraction of sp³-hybridized carbons (Fsp3) is 0.625. The smallest absolute Gasteiger partial charge is 0.171 e. The van der Waals surface area contributed by atoms with Crippen LogP contribution in [0.4, 0.5) is 0 Å². The van der Waals surface area contributed by atoms with Crippen molar-refractivity contribution in [3.63, 3.8) is 0 Å². The molecule has 0 N–H and O–H groups in total. The Hall–Kier alpha value is -1.23. The van der Waals surface area contributed by atoms with Crippen LogP contribution in [-0.2, 0) is 0 Å². The number of nitrogens with zero attached hydrogens (tertiary/aromatic N) is 4. The lowest BCUT2D eigenvalue weighted by atomic mass is 10.3. The van der Waals surface area contributed by atoms with Gasteiger partial charge in [-0.15, -0.1) is 5.10 Å². The zero-order chi connectivity index (χ0) is 9.26. The van der Waals surface area contributed by atoms with Gasteiger partial charge in [-0.25, -0.2) is 4.68 Å². The molecule has 0 aliphatic carbocycles. The summed E-state index contributed by atoms with van der Waals surface area (Å²) in [4.78, 5) is 12.6. The molecule has 1 saturated heterocycles. The molecular formula is C8H12N4O. The van der Waals surface area contributed by atoms with E-state index in [0.29, 0.717) is 11.7 Å². The number of carbonyl (C=O) groups excluding carboxylic acids is 1. The molecule has 2 heterocycles. The van der Waals surface area contributed by atoms with E-state index in [2.05, 4.69) is 22.3 Å². The van der Waals surface area contributed by atoms with Gasteiger partial charge < -0.3 is 4.90 Å². The molecule has 1 atom stereocenters. The second-order valence-electron chi connectivity index (χ2n) is 3.45. The number of hydrogen-bond acceptors (Lipinski definition) is 4. The molecule has 2 rings (SSSR count). The van der Waals surface area contributed by atoms with Crippen molar-refractivity contribution in [3.05, 3.63) is 11.9 Å². The first-order valence-corrected chi connectivity index (χ1v) is 4.35. The lowest BCUT2D eigenvalue weighted by molar-refractivity contribution is 0.111. The van der Waals surface area contributed by atoms with E-state index in [-0.39, 0.29) is 0 Å². The van der Waals surface area contributed by atoms with Crippen molar-refractivity contribution in [2.45, 2.75) is 12.5 Å². The van der Waals surface area contributed by atoms with Crippen molar-refractivity contribution in [2.24, 2.45) is 0 Å². The van der Waals surface area contributed by atoms with Gasteiger partial charge in [-0.05, 0) is 20.0 Å². The Bertz CT molecular complexity index is 309. The highest BCUT2D eigenvalue weighted by Crippen LogP contribution is 2.18. The first-order chi connectivity index (χ1) is 6.29. The molecule has 13 heavy (non-hydrogen) atoms. The molecule has 0 saturated carbocycles. The van der Waals surface area contributed by atoms with Crippen molar-refractivity contribution in [2.75, 3.05) is 20.1 Å². The van der Waals surface area contributed by atoms with Gasteiger partial charge in [0.2, 0.25) is 0 Å². The maximum atomic E-state index is 10.4. The zero-order valence-electron chi connectivity index (χ0n) is 7.55. The molecule has 0 spiro atoms. The van der Waals surface area contributed by atoms with Crippen molar-refractivity contribution in [1.29, 1.82) is 0 Å². The Morgan fingerprint density at radius 2 is 2.54 bits per heavy atom. The van der Waals surface area contributed by atoms with Crippen LogP contribution in [0.1, 0.15) is 23.0 Å². The lowest BCUT2D eigenvalue weighted by Gasteiger charge is -2.09. The van der Waals surface area contributed by atoms with Gasteiger partial charge in [0.15, 0.2) is 6.29 Å². The molecule has 1 aliphatic rings. The molecule has 0 radical (unpaired) electrons.